The van der Waals surface area contributed by atoms with Crippen LogP contribution in [-0.4, -0.2) is 18.4 Å². The van der Waals surface area contributed by atoms with E-state index in [9.17, 15) is 0 Å². The lowest BCUT2D eigenvalue weighted by Gasteiger charge is -2.11. The second-order valence-corrected chi connectivity index (χ2v) is 2.02. The van der Waals surface area contributed by atoms with Gasteiger partial charge in [-0.25, -0.2) is 0 Å². The fourth-order valence-electron chi connectivity index (χ4n) is 0.603. The zero-order valence-electron chi connectivity index (χ0n) is 6.57. The molecule has 1 aromatic rings. The maximum Gasteiger partial charge on any atom is 0.196 e. The third-order valence-electron chi connectivity index (χ3n) is 1.22. The predicted octanol–water partition coefficient (Wildman–Crippen LogP) is 1.25. The molecule has 1 unspecified atom stereocenters. The molecule has 1 radical (unpaired) electrons. The Kier molecular flexibility index (Phi) is 2.86. The van der Waals surface area contributed by atoms with Crippen molar-refractivity contribution in [2.45, 2.75) is 13.2 Å². The number of rotatable bonds is 3. The molecule has 1 atom stereocenters. The van der Waals surface area contributed by atoms with Crippen LogP contribution in [0, 0.1) is 6.07 Å². The Morgan fingerprint density at radius 1 is 1.64 bits per heavy atom. The van der Waals surface area contributed by atoms with E-state index in [0.717, 1.165) is 0 Å². The largest absolute Gasteiger partial charge is 0.465 e. The van der Waals surface area contributed by atoms with Crippen LogP contribution < -0.4 is 4.74 Å². The summed E-state index contributed by atoms with van der Waals surface area (Å²) in [5, 5.41) is 0. The monoisotopic (exact) mass is 152 g/mol. The number of hydrogen-bond donors (Lipinski definition) is 0. The molecule has 0 aliphatic heterocycles. The van der Waals surface area contributed by atoms with Gasteiger partial charge in [-0.2, -0.15) is 0 Å². The minimum atomic E-state index is -0.242. The molecule has 0 amide bonds. The minimum absolute atomic E-state index is 0.242. The van der Waals surface area contributed by atoms with Gasteiger partial charge in [-0.3, -0.25) is 4.98 Å². The zero-order valence-corrected chi connectivity index (χ0v) is 6.57. The third kappa shape index (κ3) is 2.55. The van der Waals surface area contributed by atoms with Crippen molar-refractivity contribution < 1.29 is 9.47 Å². The summed E-state index contributed by atoms with van der Waals surface area (Å²) in [5.74, 6) is 0.648. The normalized spacial score (nSPS) is 12.5. The molecule has 0 bridgehead atoms. The Labute approximate surface area is 66.0 Å². The van der Waals surface area contributed by atoms with Crippen LogP contribution in [-0.2, 0) is 4.74 Å². The van der Waals surface area contributed by atoms with Gasteiger partial charge in [0.1, 0.15) is 5.75 Å². The van der Waals surface area contributed by atoms with Crippen molar-refractivity contribution in [3.63, 3.8) is 0 Å². The van der Waals surface area contributed by atoms with Gasteiger partial charge in [0.2, 0.25) is 0 Å². The highest BCUT2D eigenvalue weighted by Crippen LogP contribution is 2.08. The summed E-state index contributed by atoms with van der Waals surface area (Å²) < 4.78 is 10.1. The molecule has 0 N–H and O–H groups in total. The lowest BCUT2D eigenvalue weighted by molar-refractivity contribution is -0.0384. The van der Waals surface area contributed by atoms with Gasteiger partial charge in [0.15, 0.2) is 6.29 Å². The van der Waals surface area contributed by atoms with Gasteiger partial charge >= 0.3 is 0 Å². The van der Waals surface area contributed by atoms with Gasteiger partial charge in [0.25, 0.3) is 0 Å². The van der Waals surface area contributed by atoms with Gasteiger partial charge in [-0.05, 0) is 13.0 Å². The fourth-order valence-corrected chi connectivity index (χ4v) is 0.603. The Hall–Kier alpha value is -1.09. The highest BCUT2D eigenvalue weighted by atomic mass is 16.7. The molecule has 3 nitrogen and oxygen atoms in total. The highest BCUT2D eigenvalue weighted by Gasteiger charge is 1.99. The van der Waals surface area contributed by atoms with Crippen LogP contribution in [0.1, 0.15) is 6.92 Å². The van der Waals surface area contributed by atoms with Gasteiger partial charge in [0.05, 0.1) is 0 Å². The summed E-state index contributed by atoms with van der Waals surface area (Å²) in [4.78, 5) is 3.80. The molecular formula is C8H10NO2. The van der Waals surface area contributed by atoms with Crippen molar-refractivity contribution in [1.29, 1.82) is 0 Å². The summed E-state index contributed by atoms with van der Waals surface area (Å²) in [7, 11) is 1.59. The Balaban J connectivity index is 2.51. The smallest absolute Gasteiger partial charge is 0.196 e. The van der Waals surface area contributed by atoms with Crippen LogP contribution in [0.3, 0.4) is 0 Å². The summed E-state index contributed by atoms with van der Waals surface area (Å²) in [5.41, 5.74) is 0. The average Bonchev–Trinajstić information content (AvgIpc) is 2.06. The fraction of sp³-hybridized carbons (Fsp3) is 0.375. The molecule has 0 aliphatic carbocycles. The first-order valence-corrected chi connectivity index (χ1v) is 3.34. The van der Waals surface area contributed by atoms with Crippen LogP contribution >= 0.6 is 0 Å². The lowest BCUT2D eigenvalue weighted by atomic mass is 10.4. The van der Waals surface area contributed by atoms with Gasteiger partial charge in [-0.1, -0.05) is 0 Å². The molecule has 0 fully saturated rings. The molecule has 3 heteroatoms. The van der Waals surface area contributed by atoms with Crippen molar-refractivity contribution in [3.05, 3.63) is 24.5 Å². The van der Waals surface area contributed by atoms with Crippen LogP contribution in [0.4, 0.5) is 0 Å². The van der Waals surface area contributed by atoms with Crippen LogP contribution in [0.25, 0.3) is 0 Å². The molecule has 0 aliphatic rings. The molecule has 0 saturated heterocycles. The molecule has 11 heavy (non-hydrogen) atoms. The van der Waals surface area contributed by atoms with E-state index >= 15 is 0 Å². The maximum absolute atomic E-state index is 5.25. The van der Waals surface area contributed by atoms with Crippen molar-refractivity contribution in [3.8, 4) is 5.75 Å². The molecular weight excluding hydrogens is 142 g/mol. The molecule has 0 aromatic carbocycles. The summed E-state index contributed by atoms with van der Waals surface area (Å²) in [6.07, 6.45) is 2.96. The van der Waals surface area contributed by atoms with Gasteiger partial charge < -0.3 is 9.47 Å². The second kappa shape index (κ2) is 3.93. The molecule has 1 heterocycles. The van der Waals surface area contributed by atoms with E-state index in [1.165, 1.54) is 0 Å². The minimum Gasteiger partial charge on any atom is -0.465 e. The lowest BCUT2D eigenvalue weighted by Crippen LogP contribution is -2.13. The first-order valence-electron chi connectivity index (χ1n) is 3.34. The van der Waals surface area contributed by atoms with E-state index in [0.29, 0.717) is 5.75 Å². The van der Waals surface area contributed by atoms with Crippen molar-refractivity contribution >= 4 is 0 Å². The van der Waals surface area contributed by atoms with E-state index in [2.05, 4.69) is 11.1 Å². The van der Waals surface area contributed by atoms with E-state index in [-0.39, 0.29) is 6.29 Å². The first-order chi connectivity index (χ1) is 5.33. The summed E-state index contributed by atoms with van der Waals surface area (Å²) in [6, 6.07) is 4.55. The van der Waals surface area contributed by atoms with Crippen molar-refractivity contribution in [1.82, 2.24) is 4.98 Å². The van der Waals surface area contributed by atoms with E-state index in [4.69, 9.17) is 9.47 Å². The molecule has 0 spiro atoms. The number of nitrogens with zero attached hydrogens (tertiary/aromatic N) is 1. The quantitative estimate of drug-likeness (QED) is 0.611. The predicted molar refractivity (Wildman–Crippen MR) is 40.2 cm³/mol. The summed E-state index contributed by atoms with van der Waals surface area (Å²) >= 11 is 0. The van der Waals surface area contributed by atoms with Crippen molar-refractivity contribution in [2.75, 3.05) is 7.11 Å². The van der Waals surface area contributed by atoms with Crippen molar-refractivity contribution in [2.24, 2.45) is 0 Å². The maximum atomic E-state index is 5.25. The molecule has 1 rings (SSSR count). The highest BCUT2D eigenvalue weighted by molar-refractivity contribution is 5.14. The van der Waals surface area contributed by atoms with E-state index < -0.39 is 0 Å². The zero-order chi connectivity index (χ0) is 8.10. The van der Waals surface area contributed by atoms with Crippen LogP contribution in [0.2, 0.25) is 0 Å². The molecule has 1 aromatic heterocycles. The number of pyridine rings is 1. The first kappa shape index (κ1) is 8.01. The van der Waals surface area contributed by atoms with E-state index in [1.807, 2.05) is 6.92 Å². The standard InChI is InChI=1S/C8H10NO2/c1-7(10-2)11-8-3-5-9-6-4-8/h3,5-7H,1-2H3. The van der Waals surface area contributed by atoms with Crippen LogP contribution in [0.5, 0.6) is 5.75 Å². The Bertz CT molecular complexity index is 201. The number of aromatic nitrogens is 1. The Morgan fingerprint density at radius 3 is 3.00 bits per heavy atom. The van der Waals surface area contributed by atoms with E-state index in [1.54, 1.807) is 25.6 Å². The number of methoxy groups -OCH3 is 1. The SMILES string of the molecule is COC(C)Oc1[c]cncc1. The third-order valence-corrected chi connectivity index (χ3v) is 1.22. The second-order valence-electron chi connectivity index (χ2n) is 2.02. The average molecular weight is 152 g/mol. The molecule has 0 saturated carbocycles. The van der Waals surface area contributed by atoms with Gasteiger partial charge in [0, 0.05) is 25.6 Å². The Morgan fingerprint density at radius 2 is 2.45 bits per heavy atom. The number of ether oxygens (including phenoxy) is 2. The summed E-state index contributed by atoms with van der Waals surface area (Å²) in [6.45, 7) is 1.81. The molecule has 59 valence electrons. The number of hydrogen-bond acceptors (Lipinski definition) is 3. The topological polar surface area (TPSA) is 31.4 Å². The van der Waals surface area contributed by atoms with Gasteiger partial charge in [-0.15, -0.1) is 0 Å². The van der Waals surface area contributed by atoms with Crippen LogP contribution in [0.15, 0.2) is 18.5 Å².